The Hall–Kier alpha value is -6.14. The first-order chi connectivity index (χ1) is 30.1. The second-order valence-electron chi connectivity index (χ2n) is 17.7. The molecular weight excluding hydrogens is 813 g/mol. The van der Waals surface area contributed by atoms with Gasteiger partial charge in [0.25, 0.3) is 10.0 Å². The summed E-state index contributed by atoms with van der Waals surface area (Å²) in [6.45, 7) is 10.00. The van der Waals surface area contributed by atoms with E-state index in [0.717, 1.165) is 74.2 Å². The summed E-state index contributed by atoms with van der Waals surface area (Å²) in [4.78, 5) is 32.8. The number of hydrogen-bond donors (Lipinski definition) is 3. The van der Waals surface area contributed by atoms with E-state index in [1.807, 2.05) is 95.3 Å². The molecular formula is C51H56N4O7S. The zero-order chi connectivity index (χ0) is 44.6. The first-order valence-electron chi connectivity index (χ1n) is 21.8. The van der Waals surface area contributed by atoms with Crippen molar-refractivity contribution < 1.29 is 32.6 Å². The van der Waals surface area contributed by atoms with Gasteiger partial charge < -0.3 is 24.8 Å². The highest BCUT2D eigenvalue weighted by Crippen LogP contribution is 2.45. The van der Waals surface area contributed by atoms with Crippen LogP contribution in [-0.4, -0.2) is 68.3 Å². The van der Waals surface area contributed by atoms with Crippen LogP contribution in [0.1, 0.15) is 101 Å². The Morgan fingerprint density at radius 1 is 0.825 bits per heavy atom. The first-order valence-corrected chi connectivity index (χ1v) is 23.2. The number of alkyl carbamates (subject to hydrolysis) is 1. The van der Waals surface area contributed by atoms with E-state index in [2.05, 4.69) is 46.4 Å². The summed E-state index contributed by atoms with van der Waals surface area (Å²) in [5, 5.41) is 12.7. The number of hydrogen-bond acceptors (Lipinski definition) is 7. The van der Waals surface area contributed by atoms with Gasteiger partial charge in [0.15, 0.2) is 0 Å². The molecule has 0 unspecified atom stereocenters. The average Bonchev–Trinajstić information content (AvgIpc) is 3.71. The predicted molar refractivity (Wildman–Crippen MR) is 245 cm³/mol. The van der Waals surface area contributed by atoms with Crippen LogP contribution in [0.25, 0.3) is 11.1 Å². The molecule has 3 N–H and O–H groups in total. The SMILES string of the molecule is Cc1c(C)c(S(=O)(=O)N/C(=N\C2c3ccccc3CCc3ccccc32)N(C)CCCC[C@H](NC(=O)OCC2c3ccccc3-c3ccccc32)C(=O)O)c(C)c2c1OC(C)(C)C2. The lowest BCUT2D eigenvalue weighted by molar-refractivity contribution is -0.139. The lowest BCUT2D eigenvalue weighted by Crippen LogP contribution is -2.43. The molecule has 328 valence electrons. The molecule has 1 atom stereocenters. The lowest BCUT2D eigenvalue weighted by Gasteiger charge is -2.26. The standard InChI is InChI=1S/C51H56N4O7S/c1-31-32(2)47(33(3)42-29-51(4,5)62-46(31)42)63(59,60)54-49(53-45-36-19-9-7-17-34(36)26-27-35-18-8-10-20-37(35)45)55(6)28-16-15-25-44(48(56)57)52-50(58)61-30-43-40-23-13-11-21-38(40)39-22-12-14-24-41(39)43/h7-14,17-24,43-45H,15-16,25-30H2,1-6H3,(H,52,58)(H,53,54)(H,56,57)/t44-/m0/s1. The summed E-state index contributed by atoms with van der Waals surface area (Å²) >= 11 is 0. The fourth-order valence-corrected chi connectivity index (χ4v) is 11.3. The van der Waals surface area contributed by atoms with Crippen molar-refractivity contribution in [2.45, 2.75) is 102 Å². The molecule has 5 aromatic carbocycles. The number of carboxylic acids is 1. The molecule has 0 fully saturated rings. The normalized spacial score (nSPS) is 15.7. The fraction of sp³-hybridized carbons (Fsp3) is 0.353. The van der Waals surface area contributed by atoms with Crippen LogP contribution in [0.5, 0.6) is 5.75 Å². The highest BCUT2D eigenvalue weighted by molar-refractivity contribution is 7.90. The Morgan fingerprint density at radius 3 is 1.97 bits per heavy atom. The molecule has 3 aliphatic rings. The molecule has 0 radical (unpaired) electrons. The van der Waals surface area contributed by atoms with E-state index in [-0.39, 0.29) is 29.8 Å². The van der Waals surface area contributed by atoms with Gasteiger partial charge >= 0.3 is 12.1 Å². The number of guanidine groups is 1. The zero-order valence-electron chi connectivity index (χ0n) is 36.8. The largest absolute Gasteiger partial charge is 0.487 e. The van der Waals surface area contributed by atoms with Crippen LogP contribution < -0.4 is 14.8 Å². The Labute approximate surface area is 370 Å². The smallest absolute Gasteiger partial charge is 0.407 e. The number of benzene rings is 5. The Kier molecular flexibility index (Phi) is 12.1. The Balaban J connectivity index is 1.01. The zero-order valence-corrected chi connectivity index (χ0v) is 37.6. The van der Waals surface area contributed by atoms with Crippen molar-refractivity contribution in [3.05, 3.63) is 153 Å². The second-order valence-corrected chi connectivity index (χ2v) is 19.3. The topological polar surface area (TPSA) is 147 Å². The van der Waals surface area contributed by atoms with E-state index < -0.39 is 39.8 Å². The average molecular weight is 869 g/mol. The monoisotopic (exact) mass is 868 g/mol. The van der Waals surface area contributed by atoms with Crippen LogP contribution in [0, 0.1) is 20.8 Å². The van der Waals surface area contributed by atoms with Crippen molar-refractivity contribution in [1.29, 1.82) is 0 Å². The number of nitrogens with zero attached hydrogens (tertiary/aromatic N) is 2. The van der Waals surface area contributed by atoms with Gasteiger partial charge in [-0.1, -0.05) is 97.1 Å². The van der Waals surface area contributed by atoms with Crippen molar-refractivity contribution in [1.82, 2.24) is 14.9 Å². The molecule has 11 nitrogen and oxygen atoms in total. The number of fused-ring (bicyclic) bond motifs is 6. The molecule has 63 heavy (non-hydrogen) atoms. The van der Waals surface area contributed by atoms with Gasteiger partial charge in [0.1, 0.15) is 30.0 Å². The number of carbonyl (C=O) groups is 2. The number of sulfonamides is 1. The van der Waals surface area contributed by atoms with Gasteiger partial charge in [-0.05, 0) is 128 Å². The molecule has 8 rings (SSSR count). The Bertz CT molecular complexity index is 2640. The lowest BCUT2D eigenvalue weighted by atomic mass is 9.94. The first kappa shape index (κ1) is 43.5. The minimum atomic E-state index is -4.19. The third kappa shape index (κ3) is 8.78. The fourth-order valence-electron chi connectivity index (χ4n) is 9.62. The van der Waals surface area contributed by atoms with E-state index in [1.54, 1.807) is 11.9 Å². The van der Waals surface area contributed by atoms with Gasteiger partial charge in [0.2, 0.25) is 5.96 Å². The van der Waals surface area contributed by atoms with Crippen molar-refractivity contribution >= 4 is 28.0 Å². The summed E-state index contributed by atoms with van der Waals surface area (Å²) in [5.74, 6) is -0.399. The molecule has 12 heteroatoms. The van der Waals surface area contributed by atoms with Gasteiger partial charge in [0.05, 0.1) is 4.90 Å². The summed E-state index contributed by atoms with van der Waals surface area (Å²) in [7, 11) is -2.40. The molecule has 1 amide bonds. The van der Waals surface area contributed by atoms with Crippen LogP contribution in [-0.2, 0) is 38.8 Å². The maximum atomic E-state index is 14.8. The number of aliphatic imine (C=N–C) groups is 1. The molecule has 0 aromatic heterocycles. The number of carbonyl (C=O) groups excluding carboxylic acids is 1. The van der Waals surface area contributed by atoms with E-state index >= 15 is 0 Å². The number of aliphatic carboxylic acids is 1. The number of carboxylic acid groups (broad SMARTS) is 1. The van der Waals surface area contributed by atoms with Crippen LogP contribution >= 0.6 is 0 Å². The number of aryl methyl sites for hydroxylation is 2. The molecule has 5 aromatic rings. The molecule has 1 heterocycles. The molecule has 0 spiro atoms. The van der Waals surface area contributed by atoms with Crippen LogP contribution in [0.4, 0.5) is 4.79 Å². The van der Waals surface area contributed by atoms with Gasteiger partial charge in [-0.3, -0.25) is 0 Å². The number of rotatable bonds is 12. The van der Waals surface area contributed by atoms with E-state index in [4.69, 9.17) is 14.5 Å². The Morgan fingerprint density at radius 2 is 1.38 bits per heavy atom. The minimum Gasteiger partial charge on any atom is -0.487 e. The van der Waals surface area contributed by atoms with Crippen molar-refractivity contribution in [3.8, 4) is 16.9 Å². The number of amides is 1. The van der Waals surface area contributed by atoms with E-state index in [9.17, 15) is 23.1 Å². The summed E-state index contributed by atoms with van der Waals surface area (Å²) in [5.41, 5.74) is 11.1. The molecule has 0 saturated heterocycles. The van der Waals surface area contributed by atoms with Crippen molar-refractivity contribution in [3.63, 3.8) is 0 Å². The van der Waals surface area contributed by atoms with E-state index in [0.29, 0.717) is 36.9 Å². The number of unbranched alkanes of at least 4 members (excludes halogenated alkanes) is 1. The minimum absolute atomic E-state index is 0.0702. The summed E-state index contributed by atoms with van der Waals surface area (Å²) in [6, 6.07) is 30.7. The molecule has 1 aliphatic heterocycles. The van der Waals surface area contributed by atoms with Crippen LogP contribution in [0.2, 0.25) is 0 Å². The third-order valence-corrected chi connectivity index (χ3v) is 14.5. The maximum Gasteiger partial charge on any atom is 0.407 e. The highest BCUT2D eigenvalue weighted by atomic mass is 32.2. The third-order valence-electron chi connectivity index (χ3n) is 12.9. The summed E-state index contributed by atoms with van der Waals surface area (Å²) in [6.07, 6.45) is 2.48. The van der Waals surface area contributed by atoms with E-state index in [1.165, 1.54) is 0 Å². The van der Waals surface area contributed by atoms with Gasteiger partial charge in [-0.2, -0.15) is 0 Å². The molecule has 0 saturated carbocycles. The van der Waals surface area contributed by atoms with Crippen LogP contribution in [0.15, 0.2) is 107 Å². The van der Waals surface area contributed by atoms with Gasteiger partial charge in [-0.15, -0.1) is 0 Å². The number of nitrogens with one attached hydrogen (secondary N) is 2. The second kappa shape index (κ2) is 17.6. The number of ether oxygens (including phenoxy) is 2. The van der Waals surface area contributed by atoms with Crippen molar-refractivity contribution in [2.24, 2.45) is 4.99 Å². The summed E-state index contributed by atoms with van der Waals surface area (Å²) < 4.78 is 44.5. The van der Waals surface area contributed by atoms with Gasteiger partial charge in [0, 0.05) is 31.5 Å². The maximum absolute atomic E-state index is 14.8. The van der Waals surface area contributed by atoms with Gasteiger partial charge in [-0.25, -0.2) is 27.7 Å². The quantitative estimate of drug-likeness (QED) is 0.0640. The highest BCUT2D eigenvalue weighted by Gasteiger charge is 2.38. The molecule has 2 aliphatic carbocycles. The van der Waals surface area contributed by atoms with Crippen LogP contribution in [0.3, 0.4) is 0 Å². The predicted octanol–water partition coefficient (Wildman–Crippen LogP) is 8.94. The molecule has 0 bridgehead atoms. The van der Waals surface area contributed by atoms with Crippen molar-refractivity contribution in [2.75, 3.05) is 20.2 Å².